The molecule has 0 amide bonds. The van der Waals surface area contributed by atoms with E-state index in [4.69, 9.17) is 21.7 Å². The van der Waals surface area contributed by atoms with Crippen molar-refractivity contribution in [3.63, 3.8) is 0 Å². The Balaban J connectivity index is 4.93. The van der Waals surface area contributed by atoms with E-state index in [1.54, 1.807) is 27.7 Å². The highest BCUT2D eigenvalue weighted by Gasteiger charge is 2.41. The number of hydrogen-bond donors (Lipinski definition) is 4. The minimum atomic E-state index is -1.10. The molecule has 6 heteroatoms. The van der Waals surface area contributed by atoms with Crippen molar-refractivity contribution >= 4 is 11.9 Å². The summed E-state index contributed by atoms with van der Waals surface area (Å²) in [7, 11) is 0. The van der Waals surface area contributed by atoms with E-state index in [0.717, 1.165) is 0 Å². The second kappa shape index (κ2) is 5.01. The third-order valence-electron chi connectivity index (χ3n) is 3.13. The monoisotopic (exact) mass is 246 g/mol. The number of carbonyl (C=O) groups is 2. The zero-order valence-corrected chi connectivity index (χ0v) is 10.7. The lowest BCUT2D eigenvalue weighted by atomic mass is 9.68. The average Bonchev–Trinajstić information content (AvgIpc) is 2.13. The van der Waals surface area contributed by atoms with Gasteiger partial charge in [-0.15, -0.1) is 0 Å². The van der Waals surface area contributed by atoms with Crippen LogP contribution in [0.15, 0.2) is 0 Å². The van der Waals surface area contributed by atoms with E-state index >= 15 is 0 Å². The van der Waals surface area contributed by atoms with Gasteiger partial charge in [0.15, 0.2) is 0 Å². The Morgan fingerprint density at radius 1 is 0.941 bits per heavy atom. The smallest absolute Gasteiger partial charge is 0.321 e. The second-order valence-electron chi connectivity index (χ2n) is 5.79. The molecule has 0 saturated carbocycles. The minimum absolute atomic E-state index is 0.306. The zero-order chi connectivity index (χ0) is 14.0. The first kappa shape index (κ1) is 15.9. The average molecular weight is 246 g/mol. The summed E-state index contributed by atoms with van der Waals surface area (Å²) in [6, 6.07) is -2.11. The highest BCUT2D eigenvalue weighted by atomic mass is 16.4. The van der Waals surface area contributed by atoms with Crippen LogP contribution in [-0.2, 0) is 9.59 Å². The lowest BCUT2D eigenvalue weighted by Gasteiger charge is -2.39. The molecule has 0 aliphatic carbocycles. The van der Waals surface area contributed by atoms with Gasteiger partial charge in [0, 0.05) is 0 Å². The minimum Gasteiger partial charge on any atom is -0.480 e. The molecule has 2 unspecified atom stereocenters. The van der Waals surface area contributed by atoms with Crippen molar-refractivity contribution in [2.45, 2.75) is 46.2 Å². The molecule has 0 fully saturated rings. The molecular weight excluding hydrogens is 224 g/mol. The summed E-state index contributed by atoms with van der Waals surface area (Å²) in [6.45, 7) is 6.79. The van der Waals surface area contributed by atoms with E-state index < -0.39 is 34.9 Å². The molecule has 100 valence electrons. The van der Waals surface area contributed by atoms with Crippen LogP contribution in [0.3, 0.4) is 0 Å². The SMILES string of the molecule is CC(C)(CC(C)(C)C(N)C(=O)O)C(N)C(=O)O. The number of nitrogens with two attached hydrogens (primary N) is 2. The fraction of sp³-hybridized carbons (Fsp3) is 0.818. The van der Waals surface area contributed by atoms with E-state index in [1.165, 1.54) is 0 Å². The van der Waals surface area contributed by atoms with E-state index in [0.29, 0.717) is 6.42 Å². The lowest BCUT2D eigenvalue weighted by Crippen LogP contribution is -2.51. The highest BCUT2D eigenvalue weighted by molar-refractivity contribution is 5.75. The summed E-state index contributed by atoms with van der Waals surface area (Å²) >= 11 is 0. The van der Waals surface area contributed by atoms with Crippen LogP contribution < -0.4 is 11.5 Å². The summed E-state index contributed by atoms with van der Waals surface area (Å²) < 4.78 is 0. The van der Waals surface area contributed by atoms with Crippen LogP contribution in [0, 0.1) is 10.8 Å². The third-order valence-corrected chi connectivity index (χ3v) is 3.13. The van der Waals surface area contributed by atoms with Crippen molar-refractivity contribution < 1.29 is 19.8 Å². The van der Waals surface area contributed by atoms with Crippen molar-refractivity contribution in [2.75, 3.05) is 0 Å². The number of rotatable bonds is 6. The van der Waals surface area contributed by atoms with Crippen LogP contribution >= 0.6 is 0 Å². The largest absolute Gasteiger partial charge is 0.480 e. The molecule has 0 rings (SSSR count). The number of aliphatic carboxylic acids is 2. The Morgan fingerprint density at radius 3 is 1.35 bits per heavy atom. The Kier molecular flexibility index (Phi) is 4.68. The molecule has 0 bridgehead atoms. The predicted octanol–water partition coefficient (Wildman–Crippen LogP) is 0.253. The lowest BCUT2D eigenvalue weighted by molar-refractivity contribution is -0.143. The van der Waals surface area contributed by atoms with Crippen LogP contribution in [0.4, 0.5) is 0 Å². The molecule has 0 heterocycles. The van der Waals surface area contributed by atoms with Gasteiger partial charge in [-0.2, -0.15) is 0 Å². The van der Waals surface area contributed by atoms with Crippen molar-refractivity contribution in [3.05, 3.63) is 0 Å². The highest BCUT2D eigenvalue weighted by Crippen LogP contribution is 2.37. The number of carboxylic acids is 2. The quantitative estimate of drug-likeness (QED) is 0.532. The van der Waals surface area contributed by atoms with Crippen LogP contribution in [0.2, 0.25) is 0 Å². The topological polar surface area (TPSA) is 127 Å². The van der Waals surface area contributed by atoms with Crippen molar-refractivity contribution in [2.24, 2.45) is 22.3 Å². The molecule has 0 aliphatic rings. The van der Waals surface area contributed by atoms with Gasteiger partial charge in [-0.05, 0) is 17.3 Å². The molecule has 0 radical (unpaired) electrons. The summed E-state index contributed by atoms with van der Waals surface area (Å²) in [5.74, 6) is -2.20. The molecule has 0 spiro atoms. The van der Waals surface area contributed by atoms with Gasteiger partial charge < -0.3 is 21.7 Å². The molecule has 0 aromatic carbocycles. The van der Waals surface area contributed by atoms with Gasteiger partial charge in [0.1, 0.15) is 12.1 Å². The van der Waals surface area contributed by atoms with Gasteiger partial charge in [-0.3, -0.25) is 9.59 Å². The molecule has 17 heavy (non-hydrogen) atoms. The van der Waals surface area contributed by atoms with Crippen molar-refractivity contribution in [1.29, 1.82) is 0 Å². The maximum Gasteiger partial charge on any atom is 0.321 e. The van der Waals surface area contributed by atoms with E-state index in [2.05, 4.69) is 0 Å². The molecule has 6 nitrogen and oxygen atoms in total. The fourth-order valence-corrected chi connectivity index (χ4v) is 2.06. The van der Waals surface area contributed by atoms with Gasteiger partial charge in [0.25, 0.3) is 0 Å². The summed E-state index contributed by atoms with van der Waals surface area (Å²) in [4.78, 5) is 21.7. The first-order chi connectivity index (χ1) is 7.42. The van der Waals surface area contributed by atoms with Crippen LogP contribution in [0.5, 0.6) is 0 Å². The molecule has 2 atom stereocenters. The van der Waals surface area contributed by atoms with Gasteiger partial charge in [0.05, 0.1) is 0 Å². The Hall–Kier alpha value is -1.14. The van der Waals surface area contributed by atoms with Crippen LogP contribution in [-0.4, -0.2) is 34.2 Å². The standard InChI is InChI=1S/C11H22N2O4/c1-10(2,6(12)8(14)15)5-11(3,4)7(13)9(16)17/h6-7H,5,12-13H2,1-4H3,(H,14,15)(H,16,17). The molecule has 0 aromatic rings. The van der Waals surface area contributed by atoms with Crippen molar-refractivity contribution in [1.82, 2.24) is 0 Å². The van der Waals surface area contributed by atoms with E-state index in [-0.39, 0.29) is 0 Å². The van der Waals surface area contributed by atoms with Crippen LogP contribution in [0.1, 0.15) is 34.1 Å². The molecular formula is C11H22N2O4. The Bertz CT molecular complexity index is 283. The first-order valence-corrected chi connectivity index (χ1v) is 5.38. The maximum absolute atomic E-state index is 10.9. The molecule has 0 aliphatic heterocycles. The Morgan fingerprint density at radius 2 is 1.18 bits per heavy atom. The predicted molar refractivity (Wildman–Crippen MR) is 63.4 cm³/mol. The van der Waals surface area contributed by atoms with Crippen molar-refractivity contribution in [3.8, 4) is 0 Å². The first-order valence-electron chi connectivity index (χ1n) is 5.38. The van der Waals surface area contributed by atoms with Gasteiger partial charge in [-0.25, -0.2) is 0 Å². The molecule has 6 N–H and O–H groups in total. The van der Waals surface area contributed by atoms with E-state index in [1.807, 2.05) is 0 Å². The molecule has 0 saturated heterocycles. The summed E-state index contributed by atoms with van der Waals surface area (Å²) in [5, 5.41) is 17.8. The second-order valence-corrected chi connectivity index (χ2v) is 5.79. The Labute approximate surface area is 101 Å². The maximum atomic E-state index is 10.9. The number of carboxylic acid groups (broad SMARTS) is 2. The van der Waals surface area contributed by atoms with E-state index in [9.17, 15) is 9.59 Å². The number of hydrogen-bond acceptors (Lipinski definition) is 4. The third kappa shape index (κ3) is 3.98. The summed E-state index contributed by atoms with van der Waals surface area (Å²) in [5.41, 5.74) is 9.71. The van der Waals surface area contributed by atoms with Crippen LogP contribution in [0.25, 0.3) is 0 Å². The fourth-order valence-electron chi connectivity index (χ4n) is 2.06. The van der Waals surface area contributed by atoms with Gasteiger partial charge in [0.2, 0.25) is 0 Å². The van der Waals surface area contributed by atoms with Gasteiger partial charge in [-0.1, -0.05) is 27.7 Å². The normalized spacial score (nSPS) is 16.4. The zero-order valence-electron chi connectivity index (χ0n) is 10.7. The van der Waals surface area contributed by atoms with Gasteiger partial charge >= 0.3 is 11.9 Å². The summed E-state index contributed by atoms with van der Waals surface area (Å²) in [6.07, 6.45) is 0.306. The molecule has 0 aromatic heterocycles.